The molecule has 0 radical (unpaired) electrons. The summed E-state index contributed by atoms with van der Waals surface area (Å²) in [5.74, 6) is -0.407. The second-order valence-electron chi connectivity index (χ2n) is 4.73. The lowest BCUT2D eigenvalue weighted by Crippen LogP contribution is -2.54. The van der Waals surface area contributed by atoms with Gasteiger partial charge in [0, 0.05) is 18.3 Å². The van der Waals surface area contributed by atoms with Crippen LogP contribution in [-0.4, -0.2) is 52.7 Å². The third-order valence-corrected chi connectivity index (χ3v) is 3.34. The molecule has 0 bridgehead atoms. The van der Waals surface area contributed by atoms with Crippen molar-refractivity contribution in [1.29, 1.82) is 0 Å². The van der Waals surface area contributed by atoms with Gasteiger partial charge >= 0.3 is 5.97 Å². The first kappa shape index (κ1) is 14.7. The summed E-state index contributed by atoms with van der Waals surface area (Å²) in [7, 11) is 0. The average Bonchev–Trinajstić information content (AvgIpc) is 2.43. The Labute approximate surface area is 117 Å². The largest absolute Gasteiger partial charge is 0.463 e. The summed E-state index contributed by atoms with van der Waals surface area (Å²) in [5.41, 5.74) is 3.06. The predicted molar refractivity (Wildman–Crippen MR) is 69.1 cm³/mol. The average molecular weight is 284 g/mol. The molecule has 0 aromatic heterocycles. The van der Waals surface area contributed by atoms with Crippen LogP contribution in [0.2, 0.25) is 0 Å². The van der Waals surface area contributed by atoms with Crippen molar-refractivity contribution < 1.29 is 19.7 Å². The third kappa shape index (κ3) is 3.26. The van der Waals surface area contributed by atoms with Crippen LogP contribution in [0.5, 0.6) is 0 Å². The minimum Gasteiger partial charge on any atom is -0.463 e. The summed E-state index contributed by atoms with van der Waals surface area (Å²) in [6.45, 7) is 2.71. The van der Waals surface area contributed by atoms with Crippen molar-refractivity contribution in [1.82, 2.24) is 10.3 Å². The van der Waals surface area contributed by atoms with Crippen LogP contribution < -0.4 is 5.43 Å². The second kappa shape index (κ2) is 6.67. The number of hydrogen-bond acceptors (Lipinski definition) is 8. The molecule has 1 fully saturated rings. The van der Waals surface area contributed by atoms with Crippen LogP contribution in [0, 0.1) is 0 Å². The maximum Gasteiger partial charge on any atom is 0.332 e. The Morgan fingerprint density at radius 2 is 2.35 bits per heavy atom. The molecule has 8 heteroatoms. The van der Waals surface area contributed by atoms with Crippen molar-refractivity contribution >= 4 is 5.97 Å². The van der Waals surface area contributed by atoms with E-state index in [0.29, 0.717) is 19.6 Å². The Kier molecular flexibility index (Phi) is 4.91. The molecule has 0 spiro atoms. The number of aliphatic hydroxyl groups excluding tert-OH is 2. The van der Waals surface area contributed by atoms with E-state index in [1.54, 1.807) is 11.8 Å². The van der Waals surface area contributed by atoms with E-state index >= 15 is 0 Å². The first-order valence-corrected chi connectivity index (χ1v) is 6.79. The van der Waals surface area contributed by atoms with Gasteiger partial charge in [0.15, 0.2) is 12.4 Å². The lowest BCUT2D eigenvalue weighted by atomic mass is 10.0. The zero-order chi connectivity index (χ0) is 14.5. The van der Waals surface area contributed by atoms with Crippen LogP contribution in [0.1, 0.15) is 26.2 Å². The van der Waals surface area contributed by atoms with Crippen LogP contribution in [0.25, 0.3) is 0 Å². The van der Waals surface area contributed by atoms with E-state index in [9.17, 15) is 15.0 Å². The summed E-state index contributed by atoms with van der Waals surface area (Å²) >= 11 is 0. The van der Waals surface area contributed by atoms with Gasteiger partial charge < -0.3 is 19.8 Å². The second-order valence-corrected chi connectivity index (χ2v) is 4.73. The number of carbonyl (C=O) groups is 1. The van der Waals surface area contributed by atoms with E-state index < -0.39 is 24.5 Å². The van der Waals surface area contributed by atoms with Crippen molar-refractivity contribution in [2.75, 3.05) is 13.2 Å². The highest BCUT2D eigenvalue weighted by molar-refractivity contribution is 5.82. The zero-order valence-electron chi connectivity index (χ0n) is 11.4. The molecule has 0 aromatic carbocycles. The monoisotopic (exact) mass is 284 g/mol. The molecule has 1 saturated heterocycles. The number of likely N-dealkylation sites (tertiary alicyclic amines) is 1. The molecular weight excluding hydrogens is 264 g/mol. The van der Waals surface area contributed by atoms with Gasteiger partial charge in [-0.05, 0) is 26.2 Å². The lowest BCUT2D eigenvalue weighted by molar-refractivity contribution is -0.137. The van der Waals surface area contributed by atoms with Gasteiger partial charge in [-0.1, -0.05) is 5.22 Å². The van der Waals surface area contributed by atoms with E-state index in [4.69, 9.17) is 4.74 Å². The fourth-order valence-corrected chi connectivity index (χ4v) is 2.36. The maximum atomic E-state index is 11.6. The lowest BCUT2D eigenvalue weighted by Gasteiger charge is -2.39. The number of ether oxygens (including phenoxy) is 1. The van der Waals surface area contributed by atoms with Crippen molar-refractivity contribution in [3.8, 4) is 0 Å². The van der Waals surface area contributed by atoms with Gasteiger partial charge in [-0.3, -0.25) is 5.43 Å². The quantitative estimate of drug-likeness (QED) is 0.493. The summed E-state index contributed by atoms with van der Waals surface area (Å²) < 4.78 is 4.91. The molecule has 0 aliphatic carbocycles. The molecule has 0 saturated carbocycles. The molecule has 8 nitrogen and oxygen atoms in total. The third-order valence-electron chi connectivity index (χ3n) is 3.34. The Hall–Kier alpha value is -1.67. The Morgan fingerprint density at radius 3 is 3.10 bits per heavy atom. The first-order valence-electron chi connectivity index (χ1n) is 6.79. The molecule has 112 valence electrons. The number of rotatable bonds is 3. The standard InChI is InChI=1S/C12H20N4O4/c1-2-20-9(17)7-8-5-3-4-6-16(8)11-10(18)12(19)14-15-13-11/h7,10-12,18-19H,2-6H2,1H3,(H,13,14)/b8-7+. The Bertz CT molecular complexity index is 412. The number of hydrogen-bond donors (Lipinski definition) is 3. The highest BCUT2D eigenvalue weighted by Gasteiger charge is 2.36. The number of nitrogens with zero attached hydrogens (tertiary/aromatic N) is 3. The van der Waals surface area contributed by atoms with E-state index in [-0.39, 0.29) is 0 Å². The Morgan fingerprint density at radius 1 is 1.55 bits per heavy atom. The van der Waals surface area contributed by atoms with Gasteiger partial charge in [-0.25, -0.2) is 4.79 Å². The summed E-state index contributed by atoms with van der Waals surface area (Å²) in [6, 6.07) is 0. The topological polar surface area (TPSA) is 107 Å². The fraction of sp³-hybridized carbons (Fsp3) is 0.750. The number of aliphatic hydroxyl groups is 2. The first-order chi connectivity index (χ1) is 9.63. The minimum atomic E-state index is -1.16. The molecule has 2 rings (SSSR count). The summed E-state index contributed by atoms with van der Waals surface area (Å²) in [6.07, 6.45) is 1.08. The number of esters is 1. The number of carbonyl (C=O) groups excluding carboxylic acids is 1. The maximum absolute atomic E-state index is 11.6. The van der Waals surface area contributed by atoms with Crippen molar-refractivity contribution in [2.24, 2.45) is 10.3 Å². The zero-order valence-corrected chi connectivity index (χ0v) is 11.4. The van der Waals surface area contributed by atoms with Crippen LogP contribution in [0.4, 0.5) is 0 Å². The van der Waals surface area contributed by atoms with Crippen molar-refractivity contribution in [2.45, 2.75) is 44.7 Å². The highest BCUT2D eigenvalue weighted by Crippen LogP contribution is 2.26. The molecule has 2 heterocycles. The molecule has 0 aromatic rings. The van der Waals surface area contributed by atoms with Gasteiger partial charge in [0.2, 0.25) is 0 Å². The minimum absolute atomic E-state index is 0.316. The number of piperidine rings is 1. The summed E-state index contributed by atoms with van der Waals surface area (Å²) in [4.78, 5) is 13.4. The summed E-state index contributed by atoms with van der Waals surface area (Å²) in [5, 5.41) is 27.1. The van der Waals surface area contributed by atoms with Gasteiger partial charge in [-0.15, -0.1) is 5.11 Å². The van der Waals surface area contributed by atoms with Gasteiger partial charge in [0.25, 0.3) is 0 Å². The number of nitrogens with one attached hydrogen (secondary N) is 1. The van der Waals surface area contributed by atoms with E-state index in [1.807, 2.05) is 0 Å². The van der Waals surface area contributed by atoms with Crippen LogP contribution >= 0.6 is 0 Å². The predicted octanol–water partition coefficient (Wildman–Crippen LogP) is -0.105. The van der Waals surface area contributed by atoms with Crippen LogP contribution in [0.15, 0.2) is 22.1 Å². The van der Waals surface area contributed by atoms with E-state index in [0.717, 1.165) is 18.5 Å². The molecule has 3 unspecified atom stereocenters. The van der Waals surface area contributed by atoms with E-state index in [2.05, 4.69) is 15.8 Å². The molecule has 3 atom stereocenters. The normalized spacial score (nSPS) is 32.0. The Balaban J connectivity index is 2.16. The van der Waals surface area contributed by atoms with Crippen LogP contribution in [-0.2, 0) is 9.53 Å². The van der Waals surface area contributed by atoms with Crippen LogP contribution in [0.3, 0.4) is 0 Å². The van der Waals surface area contributed by atoms with Crippen molar-refractivity contribution in [3.05, 3.63) is 11.8 Å². The molecule has 2 aliphatic rings. The van der Waals surface area contributed by atoms with E-state index in [1.165, 1.54) is 6.08 Å². The number of allylic oxidation sites excluding steroid dienone is 1. The molecule has 0 amide bonds. The highest BCUT2D eigenvalue weighted by atomic mass is 16.5. The fourth-order valence-electron chi connectivity index (χ4n) is 2.36. The van der Waals surface area contributed by atoms with Gasteiger partial charge in [-0.2, -0.15) is 0 Å². The smallest absolute Gasteiger partial charge is 0.332 e. The van der Waals surface area contributed by atoms with Gasteiger partial charge in [0.1, 0.15) is 6.10 Å². The molecule has 20 heavy (non-hydrogen) atoms. The molecule has 2 aliphatic heterocycles. The molecular formula is C12H20N4O4. The van der Waals surface area contributed by atoms with Crippen molar-refractivity contribution in [3.63, 3.8) is 0 Å². The molecule has 3 N–H and O–H groups in total. The van der Waals surface area contributed by atoms with Gasteiger partial charge in [0.05, 0.1) is 6.61 Å². The SMILES string of the molecule is CCOC(=O)/C=C1\CCCCN1C1N=NNC(O)C1O.